The standard InChI is InChI=1S/C22H36N6O7.2BrH/c1-27(2,3)13-15-33-19(29)9-11-25(12-10-20(30)34-16-14-28(4,5)6)17-7-8-18(26(31)32)22-21(17)23-35-24-22;;/h7-8H,9-16H2,1-6H3;2*1H/q+2;;/p-2. The summed E-state index contributed by atoms with van der Waals surface area (Å²) in [6.07, 6.45) is 0.106. The minimum Gasteiger partial charge on any atom is -1.00 e. The number of fused-ring (bicyclic) bond motifs is 1. The molecule has 0 bridgehead atoms. The summed E-state index contributed by atoms with van der Waals surface area (Å²) in [5.41, 5.74) is 0.388. The normalized spacial score (nSPS) is 11.3. The molecule has 1 aromatic heterocycles. The summed E-state index contributed by atoms with van der Waals surface area (Å²) in [7, 11) is 12.0. The van der Waals surface area contributed by atoms with Crippen LogP contribution in [0.5, 0.6) is 0 Å². The molecular formula is C22H36Br2N6O7. The Morgan fingerprint density at radius 2 is 1.35 bits per heavy atom. The summed E-state index contributed by atoms with van der Waals surface area (Å²) in [5, 5.41) is 18.8. The molecular weight excluding hydrogens is 620 g/mol. The Morgan fingerprint density at radius 3 is 1.78 bits per heavy atom. The maximum atomic E-state index is 12.3. The maximum absolute atomic E-state index is 12.3. The van der Waals surface area contributed by atoms with Crippen molar-refractivity contribution >= 4 is 34.3 Å². The molecule has 0 saturated carbocycles. The molecule has 0 aliphatic carbocycles. The van der Waals surface area contributed by atoms with Crippen LogP contribution in [0.15, 0.2) is 16.8 Å². The van der Waals surface area contributed by atoms with Crippen molar-refractivity contribution in [1.82, 2.24) is 10.3 Å². The number of nitro benzene ring substituents is 1. The number of carbonyl (C=O) groups excluding carboxylic acids is 2. The number of aromatic nitrogens is 2. The molecule has 0 aliphatic heterocycles. The van der Waals surface area contributed by atoms with Gasteiger partial charge in [-0.1, -0.05) is 0 Å². The second-order valence-electron chi connectivity index (χ2n) is 10.3. The van der Waals surface area contributed by atoms with Gasteiger partial charge >= 0.3 is 17.6 Å². The zero-order chi connectivity index (χ0) is 26.2. The lowest BCUT2D eigenvalue weighted by Gasteiger charge is -2.25. The third-order valence-electron chi connectivity index (χ3n) is 5.13. The van der Waals surface area contributed by atoms with Crippen LogP contribution in [0.4, 0.5) is 11.4 Å². The van der Waals surface area contributed by atoms with E-state index in [9.17, 15) is 19.7 Å². The molecule has 0 saturated heterocycles. The van der Waals surface area contributed by atoms with E-state index in [1.807, 2.05) is 42.3 Å². The number of quaternary nitrogens is 2. The molecule has 1 heterocycles. The van der Waals surface area contributed by atoms with E-state index >= 15 is 0 Å². The number of carbonyl (C=O) groups is 2. The number of rotatable bonds is 14. The van der Waals surface area contributed by atoms with Crippen LogP contribution in [-0.2, 0) is 19.1 Å². The maximum Gasteiger partial charge on any atom is 0.307 e. The van der Waals surface area contributed by atoms with Crippen LogP contribution in [0.25, 0.3) is 11.0 Å². The monoisotopic (exact) mass is 654 g/mol. The second kappa shape index (κ2) is 15.1. The summed E-state index contributed by atoms with van der Waals surface area (Å²) in [4.78, 5) is 37.1. The minimum absolute atomic E-state index is 0. The highest BCUT2D eigenvalue weighted by Gasteiger charge is 2.24. The number of halogens is 2. The van der Waals surface area contributed by atoms with Crippen molar-refractivity contribution in [3.8, 4) is 0 Å². The molecule has 0 amide bonds. The first-order valence-electron chi connectivity index (χ1n) is 11.3. The Balaban J connectivity index is 0.00000648. The van der Waals surface area contributed by atoms with E-state index in [0.717, 1.165) is 0 Å². The number of hydrogen-bond donors (Lipinski definition) is 0. The lowest BCUT2D eigenvalue weighted by atomic mass is 10.2. The molecule has 0 atom stereocenters. The SMILES string of the molecule is C[N+](C)(C)CCOC(=O)CCN(CCC(=O)OCC[N+](C)(C)C)c1ccc([N+](=O)[O-])c2nonc12.[Br-].[Br-]. The van der Waals surface area contributed by atoms with Crippen molar-refractivity contribution in [3.05, 3.63) is 22.2 Å². The van der Waals surface area contributed by atoms with Crippen molar-refractivity contribution in [2.75, 3.05) is 86.6 Å². The Labute approximate surface area is 237 Å². The topological polar surface area (TPSA) is 138 Å². The Kier molecular flexibility index (Phi) is 14.2. The third-order valence-corrected chi connectivity index (χ3v) is 5.13. The average molecular weight is 656 g/mol. The average Bonchev–Trinajstić information content (AvgIpc) is 3.21. The highest BCUT2D eigenvalue weighted by atomic mass is 79.9. The number of likely N-dealkylation sites (N-methyl/N-ethyl adjacent to an activating group) is 2. The van der Waals surface area contributed by atoms with Crippen molar-refractivity contribution in [2.24, 2.45) is 0 Å². The second-order valence-corrected chi connectivity index (χ2v) is 10.3. The number of nitro groups is 1. The van der Waals surface area contributed by atoms with Crippen LogP contribution in [0.1, 0.15) is 12.8 Å². The fraction of sp³-hybridized carbons (Fsp3) is 0.636. The third kappa shape index (κ3) is 12.2. The first-order valence-corrected chi connectivity index (χ1v) is 11.3. The summed E-state index contributed by atoms with van der Waals surface area (Å²) >= 11 is 0. The summed E-state index contributed by atoms with van der Waals surface area (Å²) in [6.45, 7) is 2.32. The quantitative estimate of drug-likeness (QED) is 0.0844. The minimum atomic E-state index is -0.573. The van der Waals surface area contributed by atoms with E-state index in [2.05, 4.69) is 10.3 Å². The van der Waals surface area contributed by atoms with Crippen molar-refractivity contribution < 1.29 is 71.5 Å². The van der Waals surface area contributed by atoms with E-state index in [1.165, 1.54) is 12.1 Å². The highest BCUT2D eigenvalue weighted by Crippen LogP contribution is 2.31. The molecule has 0 fully saturated rings. The van der Waals surface area contributed by atoms with Crippen molar-refractivity contribution in [3.63, 3.8) is 0 Å². The molecule has 15 heteroatoms. The summed E-state index contributed by atoms with van der Waals surface area (Å²) in [6, 6.07) is 2.81. The Bertz CT molecular complexity index is 1000. The van der Waals surface area contributed by atoms with Crippen molar-refractivity contribution in [2.45, 2.75) is 12.8 Å². The first kappa shape index (κ1) is 34.6. The molecule has 0 N–H and O–H groups in total. The number of nitrogens with zero attached hydrogens (tertiary/aromatic N) is 6. The van der Waals surface area contributed by atoms with Gasteiger partial charge in [-0.25, -0.2) is 4.63 Å². The van der Waals surface area contributed by atoms with Gasteiger partial charge in [-0.15, -0.1) is 0 Å². The fourth-order valence-electron chi connectivity index (χ4n) is 3.06. The molecule has 2 aromatic rings. The fourth-order valence-corrected chi connectivity index (χ4v) is 3.06. The molecule has 13 nitrogen and oxygen atoms in total. The van der Waals surface area contributed by atoms with Gasteiger partial charge in [0.15, 0.2) is 5.52 Å². The van der Waals surface area contributed by atoms with E-state index in [1.54, 1.807) is 4.90 Å². The van der Waals surface area contributed by atoms with Crippen molar-refractivity contribution in [1.29, 1.82) is 0 Å². The van der Waals surface area contributed by atoms with Crippen LogP contribution in [0.2, 0.25) is 0 Å². The molecule has 210 valence electrons. The van der Waals surface area contributed by atoms with E-state index in [4.69, 9.17) is 14.1 Å². The van der Waals surface area contributed by atoms with Gasteiger partial charge in [0, 0.05) is 19.2 Å². The molecule has 2 rings (SSSR count). The van der Waals surface area contributed by atoms with Gasteiger partial charge in [-0.3, -0.25) is 19.7 Å². The molecule has 0 spiro atoms. The predicted octanol–water partition coefficient (Wildman–Crippen LogP) is -4.78. The summed E-state index contributed by atoms with van der Waals surface area (Å²) in [5.74, 6) is -0.768. The lowest BCUT2D eigenvalue weighted by Crippen LogP contribution is -3.00. The van der Waals surface area contributed by atoms with Gasteiger partial charge in [0.25, 0.3) is 0 Å². The van der Waals surface area contributed by atoms with Crippen LogP contribution >= 0.6 is 0 Å². The number of hydrogen-bond acceptors (Lipinski definition) is 10. The predicted molar refractivity (Wildman–Crippen MR) is 128 cm³/mol. The smallest absolute Gasteiger partial charge is 0.307 e. The number of anilines is 1. The molecule has 0 aliphatic rings. The zero-order valence-corrected chi connectivity index (χ0v) is 25.3. The lowest BCUT2D eigenvalue weighted by molar-refractivity contribution is -0.870. The van der Waals surface area contributed by atoms with Gasteiger partial charge in [0.1, 0.15) is 26.3 Å². The summed E-state index contributed by atoms with van der Waals surface area (Å²) < 4.78 is 16.7. The number of benzene rings is 1. The molecule has 0 unspecified atom stereocenters. The van der Waals surface area contributed by atoms with E-state index < -0.39 is 4.92 Å². The molecule has 1 aromatic carbocycles. The number of ether oxygens (including phenoxy) is 2. The Morgan fingerprint density at radius 1 is 0.892 bits per heavy atom. The molecule has 37 heavy (non-hydrogen) atoms. The Hall–Kier alpha value is -2.36. The molecule has 0 radical (unpaired) electrons. The highest BCUT2D eigenvalue weighted by molar-refractivity contribution is 5.94. The van der Waals surface area contributed by atoms with Gasteiger partial charge < -0.3 is 57.3 Å². The number of non-ortho nitro benzene ring substituents is 1. The van der Waals surface area contributed by atoms with Crippen LogP contribution in [0, 0.1) is 10.1 Å². The first-order chi connectivity index (χ1) is 16.3. The van der Waals surface area contributed by atoms with Crippen LogP contribution in [0.3, 0.4) is 0 Å². The zero-order valence-electron chi connectivity index (χ0n) is 22.1. The van der Waals surface area contributed by atoms with Crippen LogP contribution < -0.4 is 38.9 Å². The van der Waals surface area contributed by atoms with E-state index in [-0.39, 0.29) is 102 Å². The van der Waals surface area contributed by atoms with E-state index in [0.29, 0.717) is 27.7 Å². The van der Waals surface area contributed by atoms with Gasteiger partial charge in [0.05, 0.1) is 65.7 Å². The van der Waals surface area contributed by atoms with Gasteiger partial charge in [-0.05, 0) is 16.4 Å². The van der Waals surface area contributed by atoms with Gasteiger partial charge in [0.2, 0.25) is 5.52 Å². The van der Waals surface area contributed by atoms with Crippen LogP contribution in [-0.4, -0.2) is 118 Å². The number of esters is 2. The largest absolute Gasteiger partial charge is 1.00 e. The van der Waals surface area contributed by atoms with Gasteiger partial charge in [-0.2, -0.15) is 0 Å².